The summed E-state index contributed by atoms with van der Waals surface area (Å²) in [5.41, 5.74) is -3.98. The van der Waals surface area contributed by atoms with E-state index < -0.39 is 29.3 Å². The van der Waals surface area contributed by atoms with Crippen molar-refractivity contribution in [2.45, 2.75) is 11.8 Å². The number of benzene rings is 3. The van der Waals surface area contributed by atoms with Crippen LogP contribution >= 0.6 is 0 Å². The molecule has 0 radical (unpaired) electrons. The summed E-state index contributed by atoms with van der Waals surface area (Å²) < 4.78 is 54.1. The van der Waals surface area contributed by atoms with Crippen molar-refractivity contribution in [1.29, 1.82) is 0 Å². The summed E-state index contributed by atoms with van der Waals surface area (Å²) in [7, 11) is 3.47. The molecule has 0 fully saturated rings. The Balaban J connectivity index is 2.06. The van der Waals surface area contributed by atoms with Crippen molar-refractivity contribution < 1.29 is 37.3 Å². The second-order valence-corrected chi connectivity index (χ2v) is 8.23. The summed E-state index contributed by atoms with van der Waals surface area (Å²) in [4.78, 5) is 25.5. The third kappa shape index (κ3) is 4.29. The van der Waals surface area contributed by atoms with Gasteiger partial charge in [-0.3, -0.25) is 4.79 Å². The van der Waals surface area contributed by atoms with Gasteiger partial charge in [0.05, 0.1) is 19.9 Å². The third-order valence-corrected chi connectivity index (χ3v) is 6.12. The molecule has 3 aromatic carbocycles. The zero-order valence-corrected chi connectivity index (χ0v) is 20.1. The number of aromatic nitrogens is 1. The topological polar surface area (TPSA) is 89.8 Å². The Morgan fingerprint density at radius 3 is 2.22 bits per heavy atom. The van der Waals surface area contributed by atoms with Crippen molar-refractivity contribution in [3.05, 3.63) is 84.1 Å². The number of methoxy groups -OCH3 is 2. The first-order valence-corrected chi connectivity index (χ1v) is 11.0. The van der Waals surface area contributed by atoms with Crippen LogP contribution in [0.2, 0.25) is 0 Å². The lowest BCUT2D eigenvalue weighted by Gasteiger charge is -2.30. The zero-order valence-electron chi connectivity index (χ0n) is 20.1. The van der Waals surface area contributed by atoms with Gasteiger partial charge in [0.15, 0.2) is 0 Å². The van der Waals surface area contributed by atoms with Gasteiger partial charge in [0.1, 0.15) is 5.75 Å². The predicted octanol–water partition coefficient (Wildman–Crippen LogP) is 5.03. The molecule has 37 heavy (non-hydrogen) atoms. The number of para-hydroxylation sites is 1. The molecule has 7 nitrogen and oxygen atoms in total. The summed E-state index contributed by atoms with van der Waals surface area (Å²) in [6.45, 7) is 0. The number of esters is 1. The summed E-state index contributed by atoms with van der Waals surface area (Å²) in [5.74, 6) is -2.05. The van der Waals surface area contributed by atoms with E-state index >= 15 is 0 Å². The lowest BCUT2D eigenvalue weighted by molar-refractivity contribution is -0.268. The molecule has 0 aliphatic heterocycles. The van der Waals surface area contributed by atoms with Gasteiger partial charge in [0.25, 0.3) is 11.5 Å². The molecule has 1 atom stereocenters. The molecule has 1 heterocycles. The van der Waals surface area contributed by atoms with Crippen LogP contribution in [0.15, 0.2) is 72.8 Å². The van der Waals surface area contributed by atoms with Crippen molar-refractivity contribution in [3.8, 4) is 16.9 Å². The molecule has 10 heteroatoms. The number of aliphatic hydroxyl groups is 1. The molecule has 4 rings (SSSR count). The standard InChI is InChI=1S/C27H23F3N2O5/c1-32-21-14-13-17(36-2)15-19(21)22(23(32)26(35,25(34)37-3)27(28,29)30)18-11-7-8-12-20(18)31-24(33)16-9-5-4-6-10-16/h4-15,35H,1-3H3,(H,31,33). The molecular weight excluding hydrogens is 489 g/mol. The molecule has 0 bridgehead atoms. The van der Waals surface area contributed by atoms with E-state index in [0.717, 1.165) is 11.7 Å². The first kappa shape index (κ1) is 25.8. The van der Waals surface area contributed by atoms with Crippen LogP contribution in [0.25, 0.3) is 22.0 Å². The molecule has 0 aliphatic rings. The Kier molecular flexibility index (Phi) is 6.70. The predicted molar refractivity (Wildman–Crippen MR) is 131 cm³/mol. The number of alkyl halides is 3. The van der Waals surface area contributed by atoms with Crippen LogP contribution in [0.5, 0.6) is 5.75 Å². The van der Waals surface area contributed by atoms with E-state index in [4.69, 9.17) is 4.74 Å². The van der Waals surface area contributed by atoms with E-state index in [1.807, 2.05) is 0 Å². The van der Waals surface area contributed by atoms with E-state index in [1.165, 1.54) is 38.4 Å². The highest BCUT2D eigenvalue weighted by Gasteiger charge is 2.64. The Bertz CT molecular complexity index is 1480. The van der Waals surface area contributed by atoms with E-state index in [-0.39, 0.29) is 27.7 Å². The number of hydrogen-bond acceptors (Lipinski definition) is 5. The van der Waals surface area contributed by atoms with E-state index in [2.05, 4.69) is 10.1 Å². The van der Waals surface area contributed by atoms with Gasteiger partial charge >= 0.3 is 12.1 Å². The minimum Gasteiger partial charge on any atom is -0.497 e. The van der Waals surface area contributed by atoms with E-state index in [0.29, 0.717) is 11.3 Å². The maximum absolute atomic E-state index is 14.5. The molecule has 2 N–H and O–H groups in total. The fourth-order valence-corrected chi connectivity index (χ4v) is 4.34. The number of halogens is 3. The molecular formula is C27H23F3N2O5. The van der Waals surface area contributed by atoms with Gasteiger partial charge in [0, 0.05) is 40.3 Å². The fourth-order valence-electron chi connectivity index (χ4n) is 4.34. The SMILES string of the molecule is COC(=O)C(O)(c1c(-c2ccccc2NC(=O)c2ccccc2)c2cc(OC)ccc2n1C)C(F)(F)F. The number of amides is 1. The van der Waals surface area contributed by atoms with Gasteiger partial charge in [-0.25, -0.2) is 4.79 Å². The van der Waals surface area contributed by atoms with Gasteiger partial charge in [-0.1, -0.05) is 36.4 Å². The highest BCUT2D eigenvalue weighted by atomic mass is 19.4. The van der Waals surface area contributed by atoms with Crippen LogP contribution in [0, 0.1) is 0 Å². The highest BCUT2D eigenvalue weighted by molar-refractivity contribution is 6.09. The smallest absolute Gasteiger partial charge is 0.434 e. The number of carbonyl (C=O) groups excluding carboxylic acids is 2. The van der Waals surface area contributed by atoms with Gasteiger partial charge in [-0.15, -0.1) is 0 Å². The van der Waals surface area contributed by atoms with Gasteiger partial charge < -0.3 is 24.5 Å². The van der Waals surface area contributed by atoms with Crippen LogP contribution in [-0.2, 0) is 22.2 Å². The Hall–Kier alpha value is -4.31. The minimum absolute atomic E-state index is 0.120. The van der Waals surface area contributed by atoms with Crippen LogP contribution in [0.4, 0.5) is 18.9 Å². The maximum atomic E-state index is 14.5. The summed E-state index contributed by atoms with van der Waals surface area (Å²) in [5, 5.41) is 14.0. The molecule has 1 amide bonds. The van der Waals surface area contributed by atoms with Crippen molar-refractivity contribution >= 4 is 28.5 Å². The summed E-state index contributed by atoms with van der Waals surface area (Å²) in [6.07, 6.45) is -5.44. The third-order valence-electron chi connectivity index (χ3n) is 6.12. The van der Waals surface area contributed by atoms with Gasteiger partial charge in [0.2, 0.25) is 0 Å². The number of nitrogens with one attached hydrogen (secondary N) is 1. The number of hydrogen-bond donors (Lipinski definition) is 2. The quantitative estimate of drug-likeness (QED) is 0.354. The van der Waals surface area contributed by atoms with Crippen molar-refractivity contribution in [2.24, 2.45) is 7.05 Å². The number of anilines is 1. The average Bonchev–Trinajstić information content (AvgIpc) is 3.19. The number of fused-ring (bicyclic) bond motifs is 1. The Labute approximate surface area is 210 Å². The largest absolute Gasteiger partial charge is 0.497 e. The van der Waals surface area contributed by atoms with Crippen LogP contribution in [0.1, 0.15) is 16.1 Å². The van der Waals surface area contributed by atoms with E-state index in [9.17, 15) is 27.9 Å². The Morgan fingerprint density at radius 1 is 0.946 bits per heavy atom. The normalized spacial score (nSPS) is 13.2. The van der Waals surface area contributed by atoms with Crippen molar-refractivity contribution in [3.63, 3.8) is 0 Å². The van der Waals surface area contributed by atoms with E-state index in [1.54, 1.807) is 48.5 Å². The van der Waals surface area contributed by atoms with Crippen LogP contribution in [0.3, 0.4) is 0 Å². The first-order valence-electron chi connectivity index (χ1n) is 11.0. The number of rotatable bonds is 6. The lowest BCUT2D eigenvalue weighted by Crippen LogP contribution is -2.51. The fraction of sp³-hybridized carbons (Fsp3) is 0.185. The summed E-state index contributed by atoms with van der Waals surface area (Å²) >= 11 is 0. The first-order chi connectivity index (χ1) is 17.5. The molecule has 0 saturated carbocycles. The maximum Gasteiger partial charge on any atom is 0.434 e. The summed E-state index contributed by atoms with van der Waals surface area (Å²) in [6, 6.07) is 19.0. The van der Waals surface area contributed by atoms with Crippen molar-refractivity contribution in [1.82, 2.24) is 4.57 Å². The molecule has 0 saturated heterocycles. The minimum atomic E-state index is -5.44. The van der Waals surface area contributed by atoms with Gasteiger partial charge in [-0.05, 0) is 36.4 Å². The van der Waals surface area contributed by atoms with Crippen LogP contribution < -0.4 is 10.1 Å². The molecule has 4 aromatic rings. The lowest BCUT2D eigenvalue weighted by atomic mass is 9.90. The molecule has 0 aliphatic carbocycles. The number of nitrogens with zero attached hydrogens (tertiary/aromatic N) is 1. The molecule has 1 unspecified atom stereocenters. The zero-order chi connectivity index (χ0) is 27.0. The molecule has 1 aromatic heterocycles. The highest BCUT2D eigenvalue weighted by Crippen LogP contribution is 2.49. The van der Waals surface area contributed by atoms with Crippen LogP contribution in [-0.4, -0.2) is 41.9 Å². The number of aryl methyl sites for hydroxylation is 1. The monoisotopic (exact) mass is 512 g/mol. The molecule has 192 valence electrons. The Morgan fingerprint density at radius 2 is 1.59 bits per heavy atom. The number of carbonyl (C=O) groups is 2. The average molecular weight is 512 g/mol. The number of ether oxygens (including phenoxy) is 2. The molecule has 0 spiro atoms. The van der Waals surface area contributed by atoms with Gasteiger partial charge in [-0.2, -0.15) is 13.2 Å². The second kappa shape index (κ2) is 9.62. The van der Waals surface area contributed by atoms with Crippen molar-refractivity contribution in [2.75, 3.05) is 19.5 Å². The second-order valence-electron chi connectivity index (χ2n) is 8.23.